The maximum Gasteiger partial charge on any atom is 0.414 e. The summed E-state index contributed by atoms with van der Waals surface area (Å²) in [6, 6.07) is -0.594. The molecule has 1 heterocycles. The standard InChI is InChI=1S/C9H12F3N/c1-6-4-8(9(10,11)12)7(2)13(3)5-6/h4-5,7H,1-3H3. The molecule has 0 N–H and O–H groups in total. The average Bonchev–Trinajstić information content (AvgIpc) is 1.94. The van der Waals surface area contributed by atoms with Gasteiger partial charge in [-0.25, -0.2) is 0 Å². The number of halogens is 3. The van der Waals surface area contributed by atoms with Crippen LogP contribution in [0, 0.1) is 0 Å². The Morgan fingerprint density at radius 3 is 2.38 bits per heavy atom. The van der Waals surface area contributed by atoms with Crippen molar-refractivity contribution in [1.29, 1.82) is 0 Å². The van der Waals surface area contributed by atoms with Gasteiger partial charge in [0.05, 0.1) is 11.6 Å². The van der Waals surface area contributed by atoms with E-state index in [9.17, 15) is 13.2 Å². The summed E-state index contributed by atoms with van der Waals surface area (Å²) in [6.45, 7) is 3.20. The molecular formula is C9H12F3N. The molecular weight excluding hydrogens is 179 g/mol. The van der Waals surface area contributed by atoms with E-state index in [2.05, 4.69) is 0 Å². The van der Waals surface area contributed by atoms with Crippen molar-refractivity contribution in [2.45, 2.75) is 26.1 Å². The molecule has 1 nitrogen and oxygen atoms in total. The molecule has 0 saturated heterocycles. The number of nitrogens with zero attached hydrogens (tertiary/aromatic N) is 1. The normalized spacial score (nSPS) is 24.2. The molecule has 1 rings (SSSR count). The van der Waals surface area contributed by atoms with Gasteiger partial charge in [-0.15, -0.1) is 0 Å². The van der Waals surface area contributed by atoms with Crippen LogP contribution in [-0.2, 0) is 0 Å². The van der Waals surface area contributed by atoms with E-state index in [0.717, 1.165) is 0 Å². The molecule has 13 heavy (non-hydrogen) atoms. The van der Waals surface area contributed by atoms with E-state index < -0.39 is 17.8 Å². The first-order valence-electron chi connectivity index (χ1n) is 4.01. The molecule has 1 atom stereocenters. The van der Waals surface area contributed by atoms with Crippen LogP contribution >= 0.6 is 0 Å². The second-order valence-electron chi connectivity index (χ2n) is 3.31. The van der Waals surface area contributed by atoms with Gasteiger partial charge in [0.25, 0.3) is 0 Å². The van der Waals surface area contributed by atoms with Gasteiger partial charge >= 0.3 is 6.18 Å². The minimum Gasteiger partial charge on any atom is -0.373 e. The Balaban J connectivity index is 3.02. The van der Waals surface area contributed by atoms with Crippen LogP contribution in [0.25, 0.3) is 0 Å². The highest BCUT2D eigenvalue weighted by atomic mass is 19.4. The van der Waals surface area contributed by atoms with Gasteiger partial charge in [-0.3, -0.25) is 0 Å². The van der Waals surface area contributed by atoms with Crippen LogP contribution in [0.3, 0.4) is 0 Å². The Morgan fingerprint density at radius 2 is 1.92 bits per heavy atom. The monoisotopic (exact) mass is 191 g/mol. The van der Waals surface area contributed by atoms with Crippen LogP contribution in [-0.4, -0.2) is 24.2 Å². The molecule has 0 aliphatic carbocycles. The molecule has 74 valence electrons. The van der Waals surface area contributed by atoms with Crippen LogP contribution < -0.4 is 0 Å². The molecule has 0 bridgehead atoms. The van der Waals surface area contributed by atoms with Crippen molar-refractivity contribution >= 4 is 0 Å². The third kappa shape index (κ3) is 2.05. The van der Waals surface area contributed by atoms with Crippen molar-refractivity contribution in [2.75, 3.05) is 7.05 Å². The van der Waals surface area contributed by atoms with Gasteiger partial charge in [-0.05, 0) is 25.5 Å². The van der Waals surface area contributed by atoms with Crippen LogP contribution in [0.15, 0.2) is 23.4 Å². The summed E-state index contributed by atoms with van der Waals surface area (Å²) in [5.74, 6) is 0. The Kier molecular flexibility index (Phi) is 2.41. The van der Waals surface area contributed by atoms with Crippen LogP contribution in [0.5, 0.6) is 0 Å². The summed E-state index contributed by atoms with van der Waals surface area (Å²) in [5.41, 5.74) is 0.155. The lowest BCUT2D eigenvalue weighted by Gasteiger charge is -2.31. The summed E-state index contributed by atoms with van der Waals surface area (Å²) in [4.78, 5) is 1.57. The molecule has 0 amide bonds. The summed E-state index contributed by atoms with van der Waals surface area (Å²) < 4.78 is 37.2. The van der Waals surface area contributed by atoms with E-state index in [1.54, 1.807) is 32.0 Å². The molecule has 0 saturated carbocycles. The summed E-state index contributed by atoms with van der Waals surface area (Å²) >= 11 is 0. The van der Waals surface area contributed by atoms with Gasteiger partial charge in [-0.1, -0.05) is 0 Å². The minimum atomic E-state index is -4.22. The van der Waals surface area contributed by atoms with E-state index in [-0.39, 0.29) is 0 Å². The Morgan fingerprint density at radius 1 is 1.38 bits per heavy atom. The van der Waals surface area contributed by atoms with E-state index in [1.807, 2.05) is 0 Å². The largest absolute Gasteiger partial charge is 0.414 e. The number of allylic oxidation sites excluding steroid dienone is 2. The summed E-state index contributed by atoms with van der Waals surface area (Å²) in [6.07, 6.45) is -1.31. The molecule has 0 radical (unpaired) electrons. The first-order chi connectivity index (χ1) is 5.82. The fourth-order valence-electron chi connectivity index (χ4n) is 1.37. The predicted molar refractivity (Wildman–Crippen MR) is 45.1 cm³/mol. The van der Waals surface area contributed by atoms with Crippen molar-refractivity contribution in [3.8, 4) is 0 Å². The number of alkyl halides is 3. The second-order valence-corrected chi connectivity index (χ2v) is 3.31. The quantitative estimate of drug-likeness (QED) is 0.569. The molecule has 1 aliphatic heterocycles. The van der Waals surface area contributed by atoms with E-state index in [1.165, 1.54) is 6.08 Å². The lowest BCUT2D eigenvalue weighted by atomic mass is 10.0. The van der Waals surface area contributed by atoms with Gasteiger partial charge in [0.15, 0.2) is 0 Å². The molecule has 0 aromatic heterocycles. The molecule has 0 fully saturated rings. The van der Waals surface area contributed by atoms with Crippen molar-refractivity contribution in [3.05, 3.63) is 23.4 Å². The van der Waals surface area contributed by atoms with Crippen molar-refractivity contribution in [2.24, 2.45) is 0 Å². The van der Waals surface area contributed by atoms with Crippen molar-refractivity contribution in [1.82, 2.24) is 4.90 Å². The molecule has 0 spiro atoms. The number of hydrogen-bond donors (Lipinski definition) is 0. The lowest BCUT2D eigenvalue weighted by Crippen LogP contribution is -2.35. The zero-order valence-corrected chi connectivity index (χ0v) is 7.81. The van der Waals surface area contributed by atoms with Crippen LogP contribution in [0.4, 0.5) is 13.2 Å². The first-order valence-corrected chi connectivity index (χ1v) is 4.01. The smallest absolute Gasteiger partial charge is 0.373 e. The SMILES string of the molecule is CC1=CN(C)C(C)C(C(F)(F)F)=C1. The van der Waals surface area contributed by atoms with Gasteiger partial charge in [-0.2, -0.15) is 13.2 Å². The lowest BCUT2D eigenvalue weighted by molar-refractivity contribution is -0.0992. The van der Waals surface area contributed by atoms with E-state index in [0.29, 0.717) is 5.57 Å². The maximum atomic E-state index is 12.4. The predicted octanol–water partition coefficient (Wildman–Crippen LogP) is 2.71. The highest BCUT2D eigenvalue weighted by Gasteiger charge is 2.39. The Labute approximate surface area is 75.5 Å². The van der Waals surface area contributed by atoms with E-state index >= 15 is 0 Å². The fourth-order valence-corrected chi connectivity index (χ4v) is 1.37. The number of rotatable bonds is 0. The first kappa shape index (κ1) is 10.2. The van der Waals surface area contributed by atoms with Crippen LogP contribution in [0.1, 0.15) is 13.8 Å². The molecule has 4 heteroatoms. The number of hydrogen-bond acceptors (Lipinski definition) is 1. The Hall–Kier alpha value is -0.930. The van der Waals surface area contributed by atoms with Crippen LogP contribution in [0.2, 0.25) is 0 Å². The van der Waals surface area contributed by atoms with Crippen molar-refractivity contribution < 1.29 is 13.2 Å². The highest BCUT2D eigenvalue weighted by Crippen LogP contribution is 2.33. The zero-order chi connectivity index (χ0) is 10.2. The van der Waals surface area contributed by atoms with Crippen molar-refractivity contribution in [3.63, 3.8) is 0 Å². The molecule has 0 aromatic rings. The topological polar surface area (TPSA) is 3.24 Å². The third-order valence-electron chi connectivity index (χ3n) is 2.18. The highest BCUT2D eigenvalue weighted by molar-refractivity contribution is 5.31. The van der Waals surface area contributed by atoms with Gasteiger partial charge in [0.1, 0.15) is 0 Å². The maximum absolute atomic E-state index is 12.4. The minimum absolute atomic E-state index is 0.477. The second kappa shape index (κ2) is 3.09. The number of likely N-dealkylation sites (N-methyl/N-ethyl adjacent to an activating group) is 1. The summed E-state index contributed by atoms with van der Waals surface area (Å²) in [5, 5.41) is 0. The zero-order valence-electron chi connectivity index (χ0n) is 7.81. The van der Waals surface area contributed by atoms with E-state index in [4.69, 9.17) is 0 Å². The molecule has 1 aliphatic rings. The summed E-state index contributed by atoms with van der Waals surface area (Å²) in [7, 11) is 1.65. The van der Waals surface area contributed by atoms with Gasteiger partial charge in [0.2, 0.25) is 0 Å². The average molecular weight is 191 g/mol. The molecule has 0 aromatic carbocycles. The van der Waals surface area contributed by atoms with Gasteiger partial charge < -0.3 is 4.90 Å². The third-order valence-corrected chi connectivity index (χ3v) is 2.18. The Bertz CT molecular complexity index is 263. The van der Waals surface area contributed by atoms with Gasteiger partial charge in [0, 0.05) is 13.2 Å². The molecule has 1 unspecified atom stereocenters. The fraction of sp³-hybridized carbons (Fsp3) is 0.556.